The van der Waals surface area contributed by atoms with Crippen LogP contribution in [-0.2, 0) is 4.79 Å². The molecule has 0 saturated carbocycles. The van der Waals surface area contributed by atoms with Crippen LogP contribution in [-0.4, -0.2) is 25.7 Å². The van der Waals surface area contributed by atoms with Gasteiger partial charge in [0.1, 0.15) is 0 Å². The van der Waals surface area contributed by atoms with E-state index >= 15 is 0 Å². The number of rotatable bonds is 12. The lowest BCUT2D eigenvalue weighted by Crippen LogP contribution is -2.16. The summed E-state index contributed by atoms with van der Waals surface area (Å²) in [5.74, 6) is 0.591. The molecule has 0 rings (SSSR count). The first kappa shape index (κ1) is 19.7. The van der Waals surface area contributed by atoms with E-state index in [2.05, 4.69) is 24.2 Å². The van der Waals surface area contributed by atoms with Gasteiger partial charge in [-0.25, -0.2) is 0 Å². The van der Waals surface area contributed by atoms with Gasteiger partial charge in [-0.1, -0.05) is 46.0 Å². The van der Waals surface area contributed by atoms with Gasteiger partial charge in [-0.15, -0.1) is 0 Å². The molecule has 0 aliphatic heterocycles. The molecule has 0 unspecified atom stereocenters. The van der Waals surface area contributed by atoms with Gasteiger partial charge in [-0.3, -0.25) is 9.79 Å². The number of unbranched alkanes of at least 4 members (excludes halogenated alkanes) is 6. The van der Waals surface area contributed by atoms with E-state index in [1.54, 1.807) is 13.2 Å². The minimum absolute atomic E-state index is 0.153. The Bertz CT molecular complexity index is 322. The third kappa shape index (κ3) is 12.2. The maximum atomic E-state index is 11.0. The van der Waals surface area contributed by atoms with Crippen LogP contribution in [0.3, 0.4) is 0 Å². The summed E-state index contributed by atoms with van der Waals surface area (Å²) in [4.78, 5) is 15.4. The zero-order chi connectivity index (χ0) is 15.9. The number of amides is 1. The Morgan fingerprint density at radius 1 is 1.10 bits per heavy atom. The van der Waals surface area contributed by atoms with Gasteiger partial charge in [-0.2, -0.15) is 0 Å². The smallest absolute Gasteiger partial charge is 0.219 e. The Labute approximate surface area is 130 Å². The van der Waals surface area contributed by atoms with Gasteiger partial charge < -0.3 is 11.1 Å². The lowest BCUT2D eigenvalue weighted by Gasteiger charge is -2.04. The van der Waals surface area contributed by atoms with E-state index in [0.717, 1.165) is 31.4 Å². The van der Waals surface area contributed by atoms with Gasteiger partial charge in [0.15, 0.2) is 0 Å². The van der Waals surface area contributed by atoms with Crippen molar-refractivity contribution in [3.63, 3.8) is 0 Å². The van der Waals surface area contributed by atoms with Crippen molar-refractivity contribution in [2.75, 3.05) is 13.6 Å². The van der Waals surface area contributed by atoms with Gasteiger partial charge in [0.25, 0.3) is 0 Å². The minimum atomic E-state index is 0.153. The molecule has 1 amide bonds. The van der Waals surface area contributed by atoms with Crippen molar-refractivity contribution in [2.24, 2.45) is 16.6 Å². The Balaban J connectivity index is 3.37. The van der Waals surface area contributed by atoms with E-state index < -0.39 is 0 Å². The zero-order valence-electron chi connectivity index (χ0n) is 14.0. The molecule has 4 heteroatoms. The third-order valence-corrected chi connectivity index (χ3v) is 3.57. The normalized spacial score (nSPS) is 12.3. The first-order valence-corrected chi connectivity index (χ1v) is 8.24. The lowest BCUT2D eigenvalue weighted by atomic mass is 10.1. The first-order valence-electron chi connectivity index (χ1n) is 8.24. The van der Waals surface area contributed by atoms with E-state index in [-0.39, 0.29) is 5.91 Å². The second-order valence-corrected chi connectivity index (χ2v) is 5.75. The molecule has 0 atom stereocenters. The fourth-order valence-corrected chi connectivity index (χ4v) is 2.05. The first-order chi connectivity index (χ1) is 10.1. The molecule has 0 aliphatic rings. The Morgan fingerprint density at radius 3 is 2.19 bits per heavy atom. The Hall–Kier alpha value is -1.32. The number of allylic oxidation sites excluding steroid dienone is 1. The topological polar surface area (TPSA) is 67.5 Å². The number of hydrogen-bond acceptors (Lipinski definition) is 3. The highest BCUT2D eigenvalue weighted by Gasteiger charge is 1.98. The highest BCUT2D eigenvalue weighted by Crippen LogP contribution is 2.09. The van der Waals surface area contributed by atoms with Crippen molar-refractivity contribution in [3.8, 4) is 0 Å². The molecule has 0 aromatic carbocycles. The van der Waals surface area contributed by atoms with Gasteiger partial charge >= 0.3 is 0 Å². The summed E-state index contributed by atoms with van der Waals surface area (Å²) in [7, 11) is 1.69. The highest BCUT2D eigenvalue weighted by molar-refractivity contribution is 5.78. The molecule has 0 fully saturated rings. The van der Waals surface area contributed by atoms with Crippen molar-refractivity contribution in [1.29, 1.82) is 0 Å². The van der Waals surface area contributed by atoms with Gasteiger partial charge in [-0.05, 0) is 30.5 Å². The molecule has 0 bridgehead atoms. The highest BCUT2D eigenvalue weighted by atomic mass is 16.1. The molecule has 0 saturated heterocycles. The maximum Gasteiger partial charge on any atom is 0.219 e. The number of carbonyl (C=O) groups is 1. The number of aliphatic imine (C=N–C) groups is 1. The van der Waals surface area contributed by atoms with Gasteiger partial charge in [0.05, 0.1) is 0 Å². The molecule has 0 spiro atoms. The van der Waals surface area contributed by atoms with Crippen LogP contribution in [0.25, 0.3) is 0 Å². The predicted molar refractivity (Wildman–Crippen MR) is 91.5 cm³/mol. The van der Waals surface area contributed by atoms with Crippen molar-refractivity contribution in [1.82, 2.24) is 5.32 Å². The van der Waals surface area contributed by atoms with Crippen molar-refractivity contribution >= 4 is 12.1 Å². The fraction of sp³-hybridized carbons (Fsp3) is 0.765. The van der Waals surface area contributed by atoms with Crippen molar-refractivity contribution < 1.29 is 4.79 Å². The van der Waals surface area contributed by atoms with Crippen LogP contribution >= 0.6 is 0 Å². The molecule has 21 heavy (non-hydrogen) atoms. The quantitative estimate of drug-likeness (QED) is 0.428. The zero-order valence-corrected chi connectivity index (χ0v) is 14.0. The summed E-state index contributed by atoms with van der Waals surface area (Å²) in [5, 5.41) is 2.65. The predicted octanol–water partition coefficient (Wildman–Crippen LogP) is 3.42. The molecular weight excluding hydrogens is 262 g/mol. The van der Waals surface area contributed by atoms with Crippen LogP contribution in [0.1, 0.15) is 65.2 Å². The van der Waals surface area contributed by atoms with Gasteiger partial charge in [0, 0.05) is 26.2 Å². The number of nitrogens with zero attached hydrogens (tertiary/aromatic N) is 1. The number of hydrogen-bond donors (Lipinski definition) is 2. The molecule has 0 heterocycles. The summed E-state index contributed by atoms with van der Waals surface area (Å²) >= 11 is 0. The summed E-state index contributed by atoms with van der Waals surface area (Å²) in [6, 6.07) is 0. The number of nitrogens with two attached hydrogens (primary N) is 1. The van der Waals surface area contributed by atoms with E-state index in [0.29, 0.717) is 12.3 Å². The largest absolute Gasteiger partial charge is 0.404 e. The van der Waals surface area contributed by atoms with Crippen LogP contribution in [0, 0.1) is 5.92 Å². The van der Waals surface area contributed by atoms with Crippen LogP contribution < -0.4 is 11.1 Å². The molecule has 0 radical (unpaired) electrons. The molecule has 0 aromatic rings. The molecular formula is C17H33N3O. The molecule has 122 valence electrons. The minimum Gasteiger partial charge on any atom is -0.404 e. The summed E-state index contributed by atoms with van der Waals surface area (Å²) < 4.78 is 0. The van der Waals surface area contributed by atoms with Crippen molar-refractivity contribution in [3.05, 3.63) is 11.8 Å². The van der Waals surface area contributed by atoms with E-state index in [4.69, 9.17) is 5.73 Å². The Kier molecular flexibility index (Phi) is 12.8. The van der Waals surface area contributed by atoms with Crippen LogP contribution in [0.4, 0.5) is 0 Å². The van der Waals surface area contributed by atoms with E-state index in [1.807, 2.05) is 6.21 Å². The summed E-state index contributed by atoms with van der Waals surface area (Å²) in [5.41, 5.74) is 6.65. The average molecular weight is 295 g/mol. The monoisotopic (exact) mass is 295 g/mol. The molecule has 4 nitrogen and oxygen atoms in total. The number of carbonyl (C=O) groups excluding carboxylic acids is 1. The lowest BCUT2D eigenvalue weighted by molar-refractivity contribution is -0.120. The second-order valence-electron chi connectivity index (χ2n) is 5.75. The third-order valence-electron chi connectivity index (χ3n) is 3.57. The van der Waals surface area contributed by atoms with Gasteiger partial charge in [0.2, 0.25) is 5.91 Å². The molecule has 0 aromatic heterocycles. The standard InChI is InChI=1S/C17H33N3O/c1-15(2)16(13-18)14-20-12-10-8-6-4-5-7-9-11-17(21)19-3/h13-15H,4-12,18H2,1-3H3,(H,19,21)/b16-13+,20-14?. The average Bonchev–Trinajstić information content (AvgIpc) is 2.47. The Morgan fingerprint density at radius 2 is 1.67 bits per heavy atom. The summed E-state index contributed by atoms with van der Waals surface area (Å²) in [6.45, 7) is 5.13. The second kappa shape index (κ2) is 13.7. The van der Waals surface area contributed by atoms with E-state index in [9.17, 15) is 4.79 Å². The molecule has 0 aliphatic carbocycles. The van der Waals surface area contributed by atoms with Crippen LogP contribution in [0.5, 0.6) is 0 Å². The van der Waals surface area contributed by atoms with Crippen molar-refractivity contribution in [2.45, 2.75) is 65.2 Å². The van der Waals surface area contributed by atoms with Crippen LogP contribution in [0.2, 0.25) is 0 Å². The van der Waals surface area contributed by atoms with Crippen LogP contribution in [0.15, 0.2) is 16.8 Å². The van der Waals surface area contributed by atoms with E-state index in [1.165, 1.54) is 25.7 Å². The molecule has 3 N–H and O–H groups in total. The maximum absolute atomic E-state index is 11.0. The summed E-state index contributed by atoms with van der Waals surface area (Å²) in [6.07, 6.45) is 12.5. The SMILES string of the molecule is CNC(=O)CCCCCCCCCN=C/C(=C\N)C(C)C. The number of nitrogens with one attached hydrogen (secondary N) is 1. The fourth-order valence-electron chi connectivity index (χ4n) is 2.05.